The molecular weight excluding hydrogens is 471 g/mol. The molecule has 0 saturated carbocycles. The van der Waals surface area contributed by atoms with Gasteiger partial charge in [-0.2, -0.15) is 11.1 Å². The van der Waals surface area contributed by atoms with Crippen molar-refractivity contribution < 1.29 is 4.81 Å². The maximum atomic E-state index is 5.91. The van der Waals surface area contributed by atoms with Gasteiger partial charge in [-0.05, 0) is 38.0 Å². The van der Waals surface area contributed by atoms with Gasteiger partial charge in [0.25, 0.3) is 0 Å². The molecule has 0 aliphatic heterocycles. The van der Waals surface area contributed by atoms with E-state index in [9.17, 15) is 0 Å². The lowest BCUT2D eigenvalue weighted by molar-refractivity contribution is -0.977. The van der Waals surface area contributed by atoms with Gasteiger partial charge in [-0.25, -0.2) is 15.9 Å². The standard InChI is InChI=1S/C17H46IN10/c1-4-16(14-27(3)19)10-6-8-12-22-25-26-23-13-9-7-11-17(5-2)15-28(20,21)24-18/h16-17,22-26H,4-15,19-21H2,1-3H3/q+1. The number of nitrogens with one attached hydrogen (secondary N) is 5. The van der Waals surface area contributed by atoms with Crippen molar-refractivity contribution >= 4 is 22.9 Å². The Morgan fingerprint density at radius 1 is 0.893 bits per heavy atom. The van der Waals surface area contributed by atoms with Crippen LogP contribution in [0.25, 0.3) is 0 Å². The third-order valence-corrected chi connectivity index (χ3v) is 5.88. The minimum Gasteiger partial charge on any atom is -0.269 e. The first-order chi connectivity index (χ1) is 13.3. The van der Waals surface area contributed by atoms with Crippen LogP contribution in [0.4, 0.5) is 0 Å². The van der Waals surface area contributed by atoms with Crippen LogP contribution in [0.5, 0.6) is 0 Å². The average molecular weight is 518 g/mol. The molecule has 0 aliphatic rings. The molecule has 2 unspecified atom stereocenters. The quantitative estimate of drug-likeness (QED) is 0.0293. The minimum atomic E-state index is -0.127. The largest absolute Gasteiger partial charge is 0.269 e. The van der Waals surface area contributed by atoms with Crippen LogP contribution in [-0.2, 0) is 0 Å². The molecule has 11 heteroatoms. The van der Waals surface area contributed by atoms with Gasteiger partial charge in [-0.15, -0.1) is 11.7 Å². The highest BCUT2D eigenvalue weighted by Crippen LogP contribution is 2.14. The predicted octanol–water partition coefficient (Wildman–Crippen LogP) is 0.707. The number of hydrogen-bond acceptors (Lipinski definition) is 9. The van der Waals surface area contributed by atoms with Crippen LogP contribution in [0, 0.1) is 11.8 Å². The molecule has 0 spiro atoms. The van der Waals surface area contributed by atoms with Gasteiger partial charge in [0, 0.05) is 32.6 Å². The number of halogens is 1. The van der Waals surface area contributed by atoms with E-state index < -0.39 is 0 Å². The van der Waals surface area contributed by atoms with Gasteiger partial charge >= 0.3 is 0 Å². The Morgan fingerprint density at radius 2 is 1.39 bits per heavy atom. The highest BCUT2D eigenvalue weighted by molar-refractivity contribution is 14.1. The maximum Gasteiger partial charge on any atom is 0.138 e. The topological polar surface area (TPSA) is 141 Å². The van der Waals surface area contributed by atoms with E-state index in [4.69, 9.17) is 17.5 Å². The first kappa shape index (κ1) is 28.3. The molecule has 0 aliphatic carbocycles. The maximum absolute atomic E-state index is 5.91. The molecule has 0 bridgehead atoms. The van der Waals surface area contributed by atoms with Crippen molar-refractivity contribution in [3.63, 3.8) is 0 Å². The number of hydrogen-bond donors (Lipinski definition) is 8. The second-order valence-corrected chi connectivity index (χ2v) is 8.26. The number of unbranched alkanes of at least 4 members (excludes halogenated alkanes) is 2. The molecule has 0 saturated heterocycles. The molecule has 0 aromatic heterocycles. The monoisotopic (exact) mass is 517 g/mol. The summed E-state index contributed by atoms with van der Waals surface area (Å²) in [7, 11) is 1.93. The number of quaternary nitrogens is 1. The van der Waals surface area contributed by atoms with Crippen molar-refractivity contribution in [2.75, 3.05) is 33.2 Å². The van der Waals surface area contributed by atoms with E-state index in [0.29, 0.717) is 11.8 Å². The Kier molecular flexibility index (Phi) is 18.3. The summed E-state index contributed by atoms with van der Waals surface area (Å²) in [6, 6.07) is 0. The Morgan fingerprint density at radius 3 is 1.82 bits per heavy atom. The number of hydrazine groups is 4. The summed E-state index contributed by atoms with van der Waals surface area (Å²) >= 11 is 2.00. The normalized spacial score (nSPS) is 14.6. The van der Waals surface area contributed by atoms with Gasteiger partial charge in [0.05, 0.1) is 22.9 Å². The second kappa shape index (κ2) is 18.1. The summed E-state index contributed by atoms with van der Waals surface area (Å²) in [5.74, 6) is 18.8. The van der Waals surface area contributed by atoms with E-state index >= 15 is 0 Å². The summed E-state index contributed by atoms with van der Waals surface area (Å²) in [6.07, 6.45) is 9.25. The molecular formula is C17H46IN10+. The zero-order chi connectivity index (χ0) is 21.3. The van der Waals surface area contributed by atoms with Crippen LogP contribution < -0.4 is 43.1 Å². The van der Waals surface area contributed by atoms with Gasteiger partial charge in [0.1, 0.15) is 6.54 Å². The summed E-state index contributed by atoms with van der Waals surface area (Å²) in [5, 5.41) is 1.79. The first-order valence-electron chi connectivity index (χ1n) is 10.6. The fourth-order valence-electron chi connectivity index (χ4n) is 3.22. The molecule has 0 heterocycles. The second-order valence-electron chi connectivity index (χ2n) is 7.78. The van der Waals surface area contributed by atoms with Crippen molar-refractivity contribution in [3.8, 4) is 0 Å². The van der Waals surface area contributed by atoms with Gasteiger partial charge in [-0.3, -0.25) is 5.84 Å². The van der Waals surface area contributed by atoms with E-state index in [1.807, 2.05) is 29.9 Å². The van der Waals surface area contributed by atoms with Crippen molar-refractivity contribution in [2.45, 2.75) is 65.2 Å². The lowest BCUT2D eigenvalue weighted by Crippen LogP contribution is -2.67. The summed E-state index contributed by atoms with van der Waals surface area (Å²) in [5.41, 5.74) is 12.3. The zero-order valence-corrected chi connectivity index (χ0v) is 20.3. The molecule has 170 valence electrons. The van der Waals surface area contributed by atoms with Gasteiger partial charge in [-0.1, -0.05) is 41.6 Å². The van der Waals surface area contributed by atoms with Crippen LogP contribution in [0.3, 0.4) is 0 Å². The third kappa shape index (κ3) is 17.2. The molecule has 0 aromatic carbocycles. The van der Waals surface area contributed by atoms with Crippen molar-refractivity contribution in [2.24, 2.45) is 29.4 Å². The SMILES string of the molecule is CCC(CCCCNNNNCCCCC(CC)C[N+](N)(N)NI)CN(C)N. The Bertz CT molecular complexity index is 346. The smallest absolute Gasteiger partial charge is 0.138 e. The predicted molar refractivity (Wildman–Crippen MR) is 125 cm³/mol. The lowest BCUT2D eigenvalue weighted by atomic mass is 9.99. The highest BCUT2D eigenvalue weighted by Gasteiger charge is 2.22. The van der Waals surface area contributed by atoms with Gasteiger partial charge in [0.2, 0.25) is 0 Å². The van der Waals surface area contributed by atoms with Crippen LogP contribution in [0.1, 0.15) is 65.2 Å². The van der Waals surface area contributed by atoms with Crippen LogP contribution in [0.2, 0.25) is 0 Å². The van der Waals surface area contributed by atoms with E-state index in [-0.39, 0.29) is 4.81 Å². The molecule has 10 nitrogen and oxygen atoms in total. The minimum absolute atomic E-state index is 0.127. The summed E-state index contributed by atoms with van der Waals surface area (Å²) in [4.78, 5) is -0.127. The molecule has 11 N–H and O–H groups in total. The first-order valence-corrected chi connectivity index (χ1v) is 11.7. The molecule has 0 aromatic rings. The van der Waals surface area contributed by atoms with E-state index in [1.54, 1.807) is 5.01 Å². The average Bonchev–Trinajstić information content (AvgIpc) is 2.66. The number of nitrogens with two attached hydrogens (primary N) is 3. The van der Waals surface area contributed by atoms with Gasteiger partial charge in [0.15, 0.2) is 0 Å². The molecule has 0 fully saturated rings. The third-order valence-electron chi connectivity index (χ3n) is 4.99. The van der Waals surface area contributed by atoms with Crippen LogP contribution >= 0.6 is 22.9 Å². The van der Waals surface area contributed by atoms with Crippen molar-refractivity contribution in [3.05, 3.63) is 0 Å². The van der Waals surface area contributed by atoms with Gasteiger partial charge < -0.3 is 0 Å². The van der Waals surface area contributed by atoms with Crippen LogP contribution in [-0.4, -0.2) is 43.0 Å². The fourth-order valence-corrected chi connectivity index (χ4v) is 3.42. The lowest BCUT2D eigenvalue weighted by Gasteiger charge is -2.27. The summed E-state index contributed by atoms with van der Waals surface area (Å²) in [6.45, 7) is 7.97. The van der Waals surface area contributed by atoms with E-state index in [0.717, 1.165) is 58.3 Å². The zero-order valence-electron chi connectivity index (χ0n) is 18.1. The van der Waals surface area contributed by atoms with E-state index in [1.165, 1.54) is 19.3 Å². The fraction of sp³-hybridized carbons (Fsp3) is 1.00. The molecule has 2 atom stereocenters. The van der Waals surface area contributed by atoms with Crippen LogP contribution in [0.15, 0.2) is 0 Å². The van der Waals surface area contributed by atoms with Crippen molar-refractivity contribution in [1.82, 2.24) is 30.6 Å². The molecule has 28 heavy (non-hydrogen) atoms. The Labute approximate surface area is 185 Å². The summed E-state index contributed by atoms with van der Waals surface area (Å²) < 4.78 is 2.88. The highest BCUT2D eigenvalue weighted by atomic mass is 127. The number of nitrogens with zero attached hydrogens (tertiary/aromatic N) is 2. The molecule has 0 amide bonds. The van der Waals surface area contributed by atoms with Crippen molar-refractivity contribution in [1.29, 1.82) is 0 Å². The molecule has 0 rings (SSSR count). The number of rotatable bonds is 20. The molecule has 0 radical (unpaired) electrons. The Hall–Kier alpha value is 0.330. The van der Waals surface area contributed by atoms with E-state index in [2.05, 4.69) is 39.4 Å². The Balaban J connectivity index is 3.46.